The van der Waals surface area contributed by atoms with E-state index in [4.69, 9.17) is 0 Å². The van der Waals surface area contributed by atoms with Gasteiger partial charge in [-0.25, -0.2) is 0 Å². The Balaban J connectivity index is 2.57. The van der Waals surface area contributed by atoms with Crippen LogP contribution in [0.2, 0.25) is 0 Å². The van der Waals surface area contributed by atoms with Crippen molar-refractivity contribution in [3.8, 4) is 5.75 Å². The van der Waals surface area contributed by atoms with Gasteiger partial charge in [-0.15, -0.1) is 11.8 Å². The van der Waals surface area contributed by atoms with Crippen molar-refractivity contribution < 1.29 is 14.7 Å². The second-order valence-corrected chi connectivity index (χ2v) is 4.87. The summed E-state index contributed by atoms with van der Waals surface area (Å²) >= 11 is 1.37. The fraction of sp³-hybridized carbons (Fsp3) is 0.333. The largest absolute Gasteiger partial charge is 0.507 e. The van der Waals surface area contributed by atoms with Gasteiger partial charge >= 0.3 is 0 Å². The van der Waals surface area contributed by atoms with E-state index >= 15 is 0 Å². The first-order valence-electron chi connectivity index (χ1n) is 5.15. The first-order valence-corrected chi connectivity index (χ1v) is 6.14. The van der Waals surface area contributed by atoms with Gasteiger partial charge in [0.2, 0.25) is 5.91 Å². The molecule has 5 heteroatoms. The normalized spacial score (nSPS) is 10.0. The maximum atomic E-state index is 11.3. The third-order valence-electron chi connectivity index (χ3n) is 2.19. The minimum atomic E-state index is 0.0449. The molecule has 1 N–H and O–H groups in total. The Labute approximate surface area is 105 Å². The van der Waals surface area contributed by atoms with E-state index in [0.717, 1.165) is 6.29 Å². The summed E-state index contributed by atoms with van der Waals surface area (Å²) in [5, 5.41) is 9.57. The third-order valence-corrected chi connectivity index (χ3v) is 3.24. The maximum absolute atomic E-state index is 11.3. The number of nitrogens with zero attached hydrogens (tertiary/aromatic N) is 1. The van der Waals surface area contributed by atoms with E-state index in [1.165, 1.54) is 22.7 Å². The van der Waals surface area contributed by atoms with Crippen LogP contribution in [0, 0.1) is 0 Å². The van der Waals surface area contributed by atoms with Crippen LogP contribution < -0.4 is 0 Å². The number of benzene rings is 1. The molecule has 1 aromatic rings. The van der Waals surface area contributed by atoms with Crippen molar-refractivity contribution >= 4 is 24.0 Å². The lowest BCUT2D eigenvalue weighted by atomic mass is 10.2. The van der Waals surface area contributed by atoms with Crippen LogP contribution in [0.5, 0.6) is 5.75 Å². The van der Waals surface area contributed by atoms with Crippen LogP contribution in [0.4, 0.5) is 0 Å². The van der Waals surface area contributed by atoms with Gasteiger partial charge in [0.1, 0.15) is 12.0 Å². The molecule has 0 saturated heterocycles. The highest BCUT2D eigenvalue weighted by molar-refractivity contribution is 7.99. The Kier molecular flexibility index (Phi) is 5.03. The monoisotopic (exact) mass is 253 g/mol. The van der Waals surface area contributed by atoms with E-state index in [-0.39, 0.29) is 11.7 Å². The fourth-order valence-electron chi connectivity index (χ4n) is 1.19. The van der Waals surface area contributed by atoms with E-state index in [1.54, 1.807) is 26.2 Å². The number of rotatable bonds is 5. The van der Waals surface area contributed by atoms with Gasteiger partial charge in [0.25, 0.3) is 0 Å². The van der Waals surface area contributed by atoms with Crippen LogP contribution in [0.3, 0.4) is 0 Å². The molecule has 17 heavy (non-hydrogen) atoms. The van der Waals surface area contributed by atoms with Crippen molar-refractivity contribution in [3.63, 3.8) is 0 Å². The van der Waals surface area contributed by atoms with E-state index in [0.29, 0.717) is 22.6 Å². The molecule has 0 unspecified atom stereocenters. The minimum Gasteiger partial charge on any atom is -0.507 e. The molecule has 0 saturated carbocycles. The first-order chi connectivity index (χ1) is 8.04. The molecule has 0 aromatic heterocycles. The molecule has 92 valence electrons. The summed E-state index contributed by atoms with van der Waals surface area (Å²) in [6, 6.07) is 4.66. The Morgan fingerprint density at radius 2 is 2.18 bits per heavy atom. The number of hydrogen-bond donors (Lipinski definition) is 1. The fourth-order valence-corrected chi connectivity index (χ4v) is 2.12. The van der Waals surface area contributed by atoms with E-state index in [1.807, 2.05) is 0 Å². The zero-order valence-corrected chi connectivity index (χ0v) is 10.7. The van der Waals surface area contributed by atoms with Crippen LogP contribution in [0.1, 0.15) is 16.8 Å². The summed E-state index contributed by atoms with van der Waals surface area (Å²) < 4.78 is 0. The molecule has 0 heterocycles. The number of aldehydes is 1. The van der Waals surface area contributed by atoms with Gasteiger partial charge in [0.15, 0.2) is 0 Å². The molecule has 1 rings (SSSR count). The average molecular weight is 253 g/mol. The van der Waals surface area contributed by atoms with Crippen LogP contribution in [0.15, 0.2) is 23.1 Å². The van der Waals surface area contributed by atoms with Crippen LogP contribution in [0.25, 0.3) is 0 Å². The van der Waals surface area contributed by atoms with Crippen molar-refractivity contribution in [1.29, 1.82) is 0 Å². The topological polar surface area (TPSA) is 57.6 Å². The predicted octanol–water partition coefficient (Wildman–Crippen LogP) is 1.78. The van der Waals surface area contributed by atoms with Crippen molar-refractivity contribution in [3.05, 3.63) is 23.8 Å². The molecule has 0 bridgehead atoms. The second-order valence-electron chi connectivity index (χ2n) is 3.73. The van der Waals surface area contributed by atoms with Crippen LogP contribution in [-0.2, 0) is 4.79 Å². The number of carbonyl (C=O) groups is 2. The van der Waals surface area contributed by atoms with Gasteiger partial charge in [0.05, 0.1) is 0 Å². The van der Waals surface area contributed by atoms with Gasteiger partial charge in [-0.05, 0) is 18.2 Å². The van der Waals surface area contributed by atoms with Crippen LogP contribution in [-0.4, -0.2) is 42.0 Å². The third kappa shape index (κ3) is 4.11. The number of amides is 1. The molecule has 0 aliphatic carbocycles. The summed E-state index contributed by atoms with van der Waals surface area (Å²) in [7, 11) is 3.41. The van der Waals surface area contributed by atoms with Gasteiger partial charge in [0, 0.05) is 36.7 Å². The lowest BCUT2D eigenvalue weighted by molar-refractivity contribution is -0.128. The summed E-state index contributed by atoms with van der Waals surface area (Å²) in [5.41, 5.74) is 0.518. The van der Waals surface area contributed by atoms with Gasteiger partial charge in [-0.1, -0.05) is 0 Å². The highest BCUT2D eigenvalue weighted by atomic mass is 32.2. The molecule has 0 spiro atoms. The number of carbonyl (C=O) groups excluding carboxylic acids is 2. The van der Waals surface area contributed by atoms with Crippen molar-refractivity contribution in [2.24, 2.45) is 0 Å². The summed E-state index contributed by atoms with van der Waals surface area (Å²) in [4.78, 5) is 24.1. The maximum Gasteiger partial charge on any atom is 0.222 e. The van der Waals surface area contributed by atoms with Gasteiger partial charge in [-0.3, -0.25) is 9.59 Å². The van der Waals surface area contributed by atoms with E-state index < -0.39 is 0 Å². The molecule has 0 aliphatic rings. The average Bonchev–Trinajstić information content (AvgIpc) is 2.31. The van der Waals surface area contributed by atoms with Crippen LogP contribution >= 0.6 is 11.8 Å². The lowest BCUT2D eigenvalue weighted by Crippen LogP contribution is -2.21. The van der Waals surface area contributed by atoms with Crippen molar-refractivity contribution in [1.82, 2.24) is 4.90 Å². The summed E-state index contributed by atoms with van der Waals surface area (Å²) in [5.74, 6) is 0.758. The van der Waals surface area contributed by atoms with E-state index in [9.17, 15) is 14.7 Å². The quantitative estimate of drug-likeness (QED) is 0.642. The van der Waals surface area contributed by atoms with Gasteiger partial charge < -0.3 is 10.0 Å². The summed E-state index contributed by atoms with van der Waals surface area (Å²) in [6.45, 7) is 0. The van der Waals surface area contributed by atoms with Crippen molar-refractivity contribution in [2.75, 3.05) is 19.8 Å². The second kappa shape index (κ2) is 6.30. The first kappa shape index (κ1) is 13.6. The Hall–Kier alpha value is -1.49. The molecule has 0 radical (unpaired) electrons. The number of thioether (sulfide) groups is 1. The Morgan fingerprint density at radius 1 is 1.47 bits per heavy atom. The van der Waals surface area contributed by atoms with E-state index in [2.05, 4.69) is 0 Å². The minimum absolute atomic E-state index is 0.0449. The van der Waals surface area contributed by atoms with Crippen molar-refractivity contribution in [2.45, 2.75) is 11.3 Å². The number of aromatic hydroxyl groups is 1. The molecular formula is C12H15NO3S. The zero-order chi connectivity index (χ0) is 12.8. The van der Waals surface area contributed by atoms with Gasteiger partial charge in [-0.2, -0.15) is 0 Å². The smallest absolute Gasteiger partial charge is 0.222 e. The highest BCUT2D eigenvalue weighted by Gasteiger charge is 2.07. The Bertz CT molecular complexity index is 418. The SMILES string of the molecule is CN(C)C(=O)CCSc1cc(C=O)ccc1O. The predicted molar refractivity (Wildman–Crippen MR) is 67.5 cm³/mol. The molecule has 0 atom stereocenters. The molecule has 4 nitrogen and oxygen atoms in total. The zero-order valence-electron chi connectivity index (χ0n) is 9.84. The lowest BCUT2D eigenvalue weighted by Gasteiger charge is -2.10. The standard InChI is InChI=1S/C12H15NO3S/c1-13(2)12(16)5-6-17-11-7-9(8-14)3-4-10(11)15/h3-4,7-8,15H,5-6H2,1-2H3. The molecule has 0 aliphatic heterocycles. The molecule has 0 fully saturated rings. The summed E-state index contributed by atoms with van der Waals surface area (Å²) in [6.07, 6.45) is 1.14. The molecule has 1 aromatic carbocycles. The highest BCUT2D eigenvalue weighted by Crippen LogP contribution is 2.29. The number of hydrogen-bond acceptors (Lipinski definition) is 4. The number of phenolic OH excluding ortho intramolecular Hbond substituents is 1. The molecule has 1 amide bonds. The number of phenols is 1. The molecular weight excluding hydrogens is 238 g/mol. The Morgan fingerprint density at radius 3 is 2.76 bits per heavy atom.